The van der Waals surface area contributed by atoms with E-state index in [1.54, 1.807) is 56.5 Å². The van der Waals surface area contributed by atoms with E-state index in [2.05, 4.69) is 10.4 Å². The topological polar surface area (TPSA) is 99.5 Å². The van der Waals surface area contributed by atoms with E-state index >= 15 is 0 Å². The number of anilines is 1. The molecule has 0 unspecified atom stereocenters. The maximum Gasteiger partial charge on any atom is 0.359 e. The number of aromatic nitrogens is 2. The van der Waals surface area contributed by atoms with Gasteiger partial charge in [-0.2, -0.15) is 9.78 Å². The van der Waals surface area contributed by atoms with Crippen LogP contribution in [0.2, 0.25) is 5.02 Å². The largest absolute Gasteiger partial charge is 0.478 e. The maximum atomic E-state index is 13.7. The molecule has 2 aromatic carbocycles. The number of esters is 1. The van der Waals surface area contributed by atoms with E-state index in [-0.39, 0.29) is 22.7 Å². The van der Waals surface area contributed by atoms with Crippen molar-refractivity contribution in [1.29, 1.82) is 0 Å². The van der Waals surface area contributed by atoms with Gasteiger partial charge < -0.3 is 14.8 Å². The molecule has 4 rings (SSSR count). The Morgan fingerprint density at radius 1 is 1.11 bits per heavy atom. The summed E-state index contributed by atoms with van der Waals surface area (Å²) < 4.78 is 12.3. The Bertz CT molecular complexity index is 1560. The predicted octanol–water partition coefficient (Wildman–Crippen LogP) is 5.69. The Kier molecular flexibility index (Phi) is 7.38. The van der Waals surface area contributed by atoms with E-state index in [4.69, 9.17) is 21.1 Å². The molecule has 0 bridgehead atoms. The second kappa shape index (κ2) is 10.4. The lowest BCUT2D eigenvalue weighted by Gasteiger charge is -2.25. The number of carbonyl (C=O) groups excluding carboxylic acids is 2. The second-order valence-corrected chi connectivity index (χ2v) is 10.2. The number of rotatable bonds is 7. The number of carbonyl (C=O) groups is 2. The third kappa shape index (κ3) is 5.38. The molecule has 0 spiro atoms. The zero-order chi connectivity index (χ0) is 26.9. The molecule has 0 radical (unpaired) electrons. The van der Waals surface area contributed by atoms with E-state index in [1.165, 1.54) is 4.68 Å². The quantitative estimate of drug-likeness (QED) is 0.303. The first kappa shape index (κ1) is 26.4. The van der Waals surface area contributed by atoms with E-state index in [9.17, 15) is 14.4 Å². The van der Waals surface area contributed by atoms with Crippen molar-refractivity contribution in [2.24, 2.45) is 0 Å². The molecule has 1 amide bonds. The molecule has 0 aliphatic heterocycles. The Morgan fingerprint density at radius 3 is 2.46 bits per heavy atom. The molecule has 0 aliphatic carbocycles. The summed E-state index contributed by atoms with van der Waals surface area (Å²) in [6, 6.07) is 12.1. The van der Waals surface area contributed by atoms with Gasteiger partial charge in [0.05, 0.1) is 17.7 Å². The molecule has 2 aromatic heterocycles. The van der Waals surface area contributed by atoms with E-state index in [1.807, 2.05) is 26.0 Å². The number of nitrogens with zero attached hydrogens (tertiary/aromatic N) is 2. The van der Waals surface area contributed by atoms with Crippen molar-refractivity contribution in [1.82, 2.24) is 9.78 Å². The first-order chi connectivity index (χ1) is 17.5. The fourth-order valence-corrected chi connectivity index (χ4v) is 4.68. The van der Waals surface area contributed by atoms with Crippen LogP contribution in [0.25, 0.3) is 16.5 Å². The van der Waals surface area contributed by atoms with Gasteiger partial charge in [-0.25, -0.2) is 4.79 Å². The minimum atomic E-state index is -1.28. The molecule has 1 N–H and O–H groups in total. The van der Waals surface area contributed by atoms with Crippen molar-refractivity contribution in [3.8, 4) is 11.4 Å². The number of halogens is 1. The van der Waals surface area contributed by atoms with Crippen LogP contribution in [0.5, 0.6) is 5.75 Å². The van der Waals surface area contributed by atoms with Gasteiger partial charge in [0, 0.05) is 15.8 Å². The number of ether oxygens (including phenoxy) is 2. The average Bonchev–Trinajstić information content (AvgIpc) is 3.27. The van der Waals surface area contributed by atoms with Crippen molar-refractivity contribution in [3.05, 3.63) is 80.0 Å². The van der Waals surface area contributed by atoms with Crippen LogP contribution in [0.1, 0.15) is 42.4 Å². The summed E-state index contributed by atoms with van der Waals surface area (Å²) in [4.78, 5) is 39.7. The molecule has 4 aromatic rings. The summed E-state index contributed by atoms with van der Waals surface area (Å²) >= 11 is 7.06. The van der Waals surface area contributed by atoms with Gasteiger partial charge in [0.25, 0.3) is 11.5 Å². The highest BCUT2D eigenvalue weighted by Crippen LogP contribution is 2.32. The molecule has 8 nitrogen and oxygen atoms in total. The smallest absolute Gasteiger partial charge is 0.359 e. The molecule has 0 atom stereocenters. The summed E-state index contributed by atoms with van der Waals surface area (Å²) in [6.45, 7) is 8.96. The normalized spacial score (nSPS) is 11.4. The lowest BCUT2D eigenvalue weighted by molar-refractivity contribution is -0.128. The monoisotopic (exact) mass is 539 g/mol. The summed E-state index contributed by atoms with van der Waals surface area (Å²) in [5, 5.41) is 10.1. The van der Waals surface area contributed by atoms with E-state index in [0.717, 1.165) is 22.5 Å². The van der Waals surface area contributed by atoms with Crippen LogP contribution >= 0.6 is 22.9 Å². The average molecular weight is 540 g/mol. The van der Waals surface area contributed by atoms with Crippen LogP contribution in [-0.4, -0.2) is 33.9 Å². The van der Waals surface area contributed by atoms with Crippen LogP contribution in [0, 0.1) is 13.8 Å². The SMILES string of the molecule is CCOC(=O)c1nn(-c2ccc(C)c(C)c2)c(=O)c2c(NC(=O)C(C)(C)Oc3ccc(Cl)cc3)scc12. The van der Waals surface area contributed by atoms with E-state index in [0.29, 0.717) is 21.8 Å². The van der Waals surface area contributed by atoms with Gasteiger partial charge in [-0.1, -0.05) is 17.7 Å². The standard InChI is InChI=1S/C27H26ClN3O5S/c1-6-35-25(33)22-20-14-37-23(29-26(34)27(4,5)36-19-11-8-17(28)9-12-19)21(20)24(32)31(30-22)18-10-7-15(2)16(3)13-18/h7-14H,6H2,1-5H3,(H,29,34). The van der Waals surface area contributed by atoms with Crippen molar-refractivity contribution < 1.29 is 19.1 Å². The fourth-order valence-electron chi connectivity index (χ4n) is 3.62. The first-order valence-electron chi connectivity index (χ1n) is 11.6. The molecule has 0 saturated carbocycles. The lowest BCUT2D eigenvalue weighted by atomic mass is 10.1. The first-order valence-corrected chi connectivity index (χ1v) is 12.8. The number of benzene rings is 2. The predicted molar refractivity (Wildman–Crippen MR) is 145 cm³/mol. The number of hydrogen-bond acceptors (Lipinski definition) is 7. The second-order valence-electron chi connectivity index (χ2n) is 8.93. The van der Waals surface area contributed by atoms with Gasteiger partial charge in [-0.05, 0) is 82.1 Å². The molecular weight excluding hydrogens is 514 g/mol. The Balaban J connectivity index is 1.79. The van der Waals surface area contributed by atoms with Gasteiger partial charge in [-0.3, -0.25) is 9.59 Å². The Labute approximate surface area is 222 Å². The number of fused-ring (bicyclic) bond motifs is 1. The molecular formula is C27H26ClN3O5S. The highest BCUT2D eigenvalue weighted by Gasteiger charge is 2.32. The van der Waals surface area contributed by atoms with Crippen molar-refractivity contribution in [2.45, 2.75) is 40.2 Å². The van der Waals surface area contributed by atoms with Crippen LogP contribution in [-0.2, 0) is 9.53 Å². The fraction of sp³-hybridized carbons (Fsp3) is 0.259. The zero-order valence-electron chi connectivity index (χ0n) is 21.0. The molecule has 0 fully saturated rings. The number of hydrogen-bond donors (Lipinski definition) is 1. The summed E-state index contributed by atoms with van der Waals surface area (Å²) in [7, 11) is 0. The highest BCUT2D eigenvalue weighted by molar-refractivity contribution is 7.16. The minimum Gasteiger partial charge on any atom is -0.478 e. The maximum absolute atomic E-state index is 13.7. The Morgan fingerprint density at radius 2 is 1.81 bits per heavy atom. The van der Waals surface area contributed by atoms with Crippen LogP contribution < -0.4 is 15.6 Å². The van der Waals surface area contributed by atoms with Crippen LogP contribution in [0.15, 0.2) is 52.6 Å². The van der Waals surface area contributed by atoms with Gasteiger partial charge in [-0.15, -0.1) is 11.3 Å². The molecule has 0 saturated heterocycles. The summed E-state index contributed by atoms with van der Waals surface area (Å²) in [6.07, 6.45) is 0. The van der Waals surface area contributed by atoms with Gasteiger partial charge in [0.1, 0.15) is 10.8 Å². The van der Waals surface area contributed by atoms with Gasteiger partial charge in [0.15, 0.2) is 11.3 Å². The number of nitrogens with one attached hydrogen (secondary N) is 1. The van der Waals surface area contributed by atoms with E-state index < -0.39 is 23.0 Å². The molecule has 0 aliphatic rings. The molecule has 37 heavy (non-hydrogen) atoms. The third-order valence-electron chi connectivity index (χ3n) is 5.82. The van der Waals surface area contributed by atoms with Crippen molar-refractivity contribution >= 4 is 50.6 Å². The highest BCUT2D eigenvalue weighted by atomic mass is 35.5. The summed E-state index contributed by atoms with van der Waals surface area (Å²) in [5.74, 6) is -0.670. The summed E-state index contributed by atoms with van der Waals surface area (Å²) in [5.41, 5.74) is 0.741. The molecule has 10 heteroatoms. The number of amides is 1. The zero-order valence-corrected chi connectivity index (χ0v) is 22.6. The molecule has 2 heterocycles. The number of aryl methyl sites for hydroxylation is 2. The lowest BCUT2D eigenvalue weighted by Crippen LogP contribution is -2.42. The Hall–Kier alpha value is -3.69. The van der Waals surface area contributed by atoms with Crippen molar-refractivity contribution in [3.63, 3.8) is 0 Å². The van der Waals surface area contributed by atoms with Gasteiger partial charge in [0.2, 0.25) is 0 Å². The number of thiophene rings is 1. The van der Waals surface area contributed by atoms with Crippen molar-refractivity contribution in [2.75, 3.05) is 11.9 Å². The third-order valence-corrected chi connectivity index (χ3v) is 6.96. The van der Waals surface area contributed by atoms with Crippen LogP contribution in [0.3, 0.4) is 0 Å². The molecule has 192 valence electrons. The minimum absolute atomic E-state index is 0.0110. The van der Waals surface area contributed by atoms with Crippen LogP contribution in [0.4, 0.5) is 5.00 Å². The van der Waals surface area contributed by atoms with Gasteiger partial charge >= 0.3 is 5.97 Å².